The molecule has 6 nitrogen and oxygen atoms in total. The van der Waals surface area contributed by atoms with E-state index in [1.54, 1.807) is 60.7 Å². The maximum atomic E-state index is 12.8. The molecule has 0 atom stereocenters. The van der Waals surface area contributed by atoms with Gasteiger partial charge in [-0.25, -0.2) is 4.79 Å². The van der Waals surface area contributed by atoms with Gasteiger partial charge < -0.3 is 20.0 Å². The largest absolute Gasteiger partial charge is 0.488 e. The lowest BCUT2D eigenvalue weighted by molar-refractivity contribution is 0.102. The molecule has 0 saturated heterocycles. The van der Waals surface area contributed by atoms with Crippen LogP contribution in [0.3, 0.4) is 0 Å². The van der Waals surface area contributed by atoms with Crippen molar-refractivity contribution < 1.29 is 9.53 Å². The fourth-order valence-corrected chi connectivity index (χ4v) is 3.35. The zero-order chi connectivity index (χ0) is 20.4. The second kappa shape index (κ2) is 8.03. The fraction of sp³-hybridized carbons (Fsp3) is 0.0476. The SMILES string of the molecule is O=C(Nc1ccc2[nH]c(=O)[nH]c2c1)c1ccccc1OCc1ccc(Cl)cc1Cl. The zero-order valence-corrected chi connectivity index (χ0v) is 16.5. The molecule has 0 radical (unpaired) electrons. The summed E-state index contributed by atoms with van der Waals surface area (Å²) in [5.41, 5.74) is 2.65. The van der Waals surface area contributed by atoms with Gasteiger partial charge in [-0.1, -0.05) is 41.4 Å². The van der Waals surface area contributed by atoms with E-state index in [4.69, 9.17) is 27.9 Å². The van der Waals surface area contributed by atoms with Gasteiger partial charge in [-0.15, -0.1) is 0 Å². The Labute approximate surface area is 175 Å². The van der Waals surface area contributed by atoms with Crippen molar-refractivity contribution in [2.45, 2.75) is 6.61 Å². The molecule has 4 rings (SSSR count). The van der Waals surface area contributed by atoms with Crippen LogP contribution in [0.5, 0.6) is 5.75 Å². The van der Waals surface area contributed by atoms with Gasteiger partial charge in [-0.05, 0) is 42.5 Å². The number of rotatable bonds is 5. The van der Waals surface area contributed by atoms with Crippen molar-refractivity contribution in [2.24, 2.45) is 0 Å². The van der Waals surface area contributed by atoms with Crippen molar-refractivity contribution in [3.05, 3.63) is 92.3 Å². The summed E-state index contributed by atoms with van der Waals surface area (Å²) in [7, 11) is 0. The topological polar surface area (TPSA) is 87.0 Å². The highest BCUT2D eigenvalue weighted by molar-refractivity contribution is 6.35. The summed E-state index contributed by atoms with van der Waals surface area (Å²) in [6.07, 6.45) is 0. The summed E-state index contributed by atoms with van der Waals surface area (Å²) in [5, 5.41) is 3.85. The lowest BCUT2D eigenvalue weighted by atomic mass is 10.1. The fourth-order valence-electron chi connectivity index (χ4n) is 2.88. The van der Waals surface area contributed by atoms with Crippen molar-refractivity contribution in [1.82, 2.24) is 9.97 Å². The second-order valence-corrected chi connectivity index (χ2v) is 7.16. The number of carbonyl (C=O) groups is 1. The second-order valence-electron chi connectivity index (χ2n) is 6.31. The molecule has 0 unspecified atom stereocenters. The number of hydrogen-bond acceptors (Lipinski definition) is 3. The van der Waals surface area contributed by atoms with Crippen LogP contribution < -0.4 is 15.7 Å². The number of para-hydroxylation sites is 1. The summed E-state index contributed by atoms with van der Waals surface area (Å²) < 4.78 is 5.84. The number of halogens is 2. The minimum Gasteiger partial charge on any atom is -0.488 e. The molecule has 3 N–H and O–H groups in total. The van der Waals surface area contributed by atoms with Crippen molar-refractivity contribution in [3.63, 3.8) is 0 Å². The minimum absolute atomic E-state index is 0.191. The standard InChI is InChI=1S/C21H15Cl2N3O3/c22-13-6-5-12(16(23)9-13)11-29-19-4-2-1-3-15(19)20(27)24-14-7-8-17-18(10-14)26-21(28)25-17/h1-10H,11H2,(H,24,27)(H2,25,26,28). The van der Waals surface area contributed by atoms with E-state index >= 15 is 0 Å². The Morgan fingerprint density at radius 1 is 0.966 bits per heavy atom. The van der Waals surface area contributed by atoms with Crippen LogP contribution in [0.4, 0.5) is 5.69 Å². The molecule has 0 saturated carbocycles. The molecule has 4 aromatic rings. The number of fused-ring (bicyclic) bond motifs is 1. The maximum absolute atomic E-state index is 12.8. The van der Waals surface area contributed by atoms with Gasteiger partial charge in [-0.3, -0.25) is 4.79 Å². The van der Waals surface area contributed by atoms with Crippen LogP contribution in [-0.2, 0) is 6.61 Å². The highest BCUT2D eigenvalue weighted by atomic mass is 35.5. The number of imidazole rings is 1. The van der Waals surface area contributed by atoms with Crippen LogP contribution in [0.1, 0.15) is 15.9 Å². The molecule has 1 aromatic heterocycles. The summed E-state index contributed by atoms with van der Waals surface area (Å²) in [6, 6.07) is 17.2. The van der Waals surface area contributed by atoms with Gasteiger partial charge in [0.25, 0.3) is 5.91 Å². The molecule has 1 amide bonds. The van der Waals surface area contributed by atoms with E-state index in [1.165, 1.54) is 0 Å². The van der Waals surface area contributed by atoms with Gasteiger partial charge in [0.05, 0.1) is 16.6 Å². The Morgan fingerprint density at radius 3 is 2.59 bits per heavy atom. The molecular weight excluding hydrogens is 413 g/mol. The van der Waals surface area contributed by atoms with Crippen molar-refractivity contribution in [3.8, 4) is 5.75 Å². The third kappa shape index (κ3) is 4.29. The van der Waals surface area contributed by atoms with Crippen LogP contribution in [0.15, 0.2) is 65.5 Å². The van der Waals surface area contributed by atoms with Crippen LogP contribution in [0.2, 0.25) is 10.0 Å². The monoisotopic (exact) mass is 427 g/mol. The first-order valence-corrected chi connectivity index (χ1v) is 9.44. The highest BCUT2D eigenvalue weighted by Gasteiger charge is 2.14. The predicted molar refractivity (Wildman–Crippen MR) is 114 cm³/mol. The van der Waals surface area contributed by atoms with Crippen molar-refractivity contribution in [1.29, 1.82) is 0 Å². The van der Waals surface area contributed by atoms with Crippen LogP contribution >= 0.6 is 23.2 Å². The zero-order valence-electron chi connectivity index (χ0n) is 15.0. The number of aromatic amines is 2. The highest BCUT2D eigenvalue weighted by Crippen LogP contribution is 2.25. The number of carbonyl (C=O) groups excluding carboxylic acids is 1. The number of hydrogen-bond donors (Lipinski definition) is 3. The molecule has 0 fully saturated rings. The summed E-state index contributed by atoms with van der Waals surface area (Å²) in [5.74, 6) is 0.0900. The first-order valence-electron chi connectivity index (χ1n) is 8.69. The average molecular weight is 428 g/mol. The third-order valence-electron chi connectivity index (χ3n) is 4.30. The van der Waals surface area contributed by atoms with Crippen molar-refractivity contribution >= 4 is 45.8 Å². The predicted octanol–water partition coefficient (Wildman–Crippen LogP) is 4.99. The molecule has 0 bridgehead atoms. The molecule has 3 aromatic carbocycles. The summed E-state index contributed by atoms with van der Waals surface area (Å²) in [6.45, 7) is 0.191. The van der Waals surface area contributed by atoms with E-state index in [1.807, 2.05) is 0 Å². The quantitative estimate of drug-likeness (QED) is 0.418. The van der Waals surface area contributed by atoms with Gasteiger partial charge in [0.15, 0.2) is 0 Å². The molecular formula is C21H15Cl2N3O3. The Morgan fingerprint density at radius 2 is 1.76 bits per heavy atom. The van der Waals surface area contributed by atoms with E-state index < -0.39 is 0 Å². The lowest BCUT2D eigenvalue weighted by Crippen LogP contribution is -2.13. The number of nitrogens with one attached hydrogen (secondary N) is 3. The summed E-state index contributed by atoms with van der Waals surface area (Å²) >= 11 is 12.1. The molecule has 29 heavy (non-hydrogen) atoms. The van der Waals surface area contributed by atoms with E-state index in [0.717, 1.165) is 5.56 Å². The van der Waals surface area contributed by atoms with Gasteiger partial charge in [0.1, 0.15) is 12.4 Å². The minimum atomic E-state index is -0.333. The van der Waals surface area contributed by atoms with Crippen LogP contribution in [0, 0.1) is 0 Å². The van der Waals surface area contributed by atoms with E-state index in [0.29, 0.717) is 38.1 Å². The average Bonchev–Trinajstić information content (AvgIpc) is 3.07. The van der Waals surface area contributed by atoms with Crippen molar-refractivity contribution in [2.75, 3.05) is 5.32 Å². The number of ether oxygens (including phenoxy) is 1. The smallest absolute Gasteiger partial charge is 0.323 e. The molecule has 8 heteroatoms. The molecule has 0 spiro atoms. The number of anilines is 1. The third-order valence-corrected chi connectivity index (χ3v) is 4.89. The number of amides is 1. The Kier molecular flexibility index (Phi) is 5.29. The Bertz CT molecular complexity index is 1260. The van der Waals surface area contributed by atoms with Gasteiger partial charge in [0, 0.05) is 21.3 Å². The molecule has 146 valence electrons. The molecule has 0 aliphatic carbocycles. The number of H-pyrrole nitrogens is 2. The number of benzene rings is 3. The maximum Gasteiger partial charge on any atom is 0.323 e. The van der Waals surface area contributed by atoms with Gasteiger partial charge >= 0.3 is 5.69 Å². The molecule has 0 aliphatic heterocycles. The van der Waals surface area contributed by atoms with E-state index in [9.17, 15) is 9.59 Å². The van der Waals surface area contributed by atoms with Gasteiger partial charge in [0.2, 0.25) is 0 Å². The van der Waals surface area contributed by atoms with Gasteiger partial charge in [-0.2, -0.15) is 0 Å². The first-order chi connectivity index (χ1) is 14.0. The number of aromatic nitrogens is 2. The van der Waals surface area contributed by atoms with Crippen LogP contribution in [-0.4, -0.2) is 15.9 Å². The lowest BCUT2D eigenvalue weighted by Gasteiger charge is -2.12. The van der Waals surface area contributed by atoms with Crippen LogP contribution in [0.25, 0.3) is 11.0 Å². The normalized spacial score (nSPS) is 10.8. The van der Waals surface area contributed by atoms with E-state index in [-0.39, 0.29) is 18.2 Å². The summed E-state index contributed by atoms with van der Waals surface area (Å²) in [4.78, 5) is 29.5. The molecule has 1 heterocycles. The Hall–Kier alpha value is -3.22. The Balaban J connectivity index is 1.53. The molecule has 0 aliphatic rings. The van der Waals surface area contributed by atoms with E-state index in [2.05, 4.69) is 15.3 Å². The first kappa shape index (κ1) is 19.1.